The van der Waals surface area contributed by atoms with E-state index in [4.69, 9.17) is 9.47 Å². The van der Waals surface area contributed by atoms with Gasteiger partial charge >= 0.3 is 11.8 Å². The average molecular weight is 349 g/mol. The highest BCUT2D eigenvalue weighted by Crippen LogP contribution is 2.16. The monoisotopic (exact) mass is 349 g/mol. The molecule has 1 aromatic rings. The molecular weight excluding hydrogens is 322 g/mol. The van der Waals surface area contributed by atoms with E-state index in [2.05, 4.69) is 15.5 Å². The number of amides is 2. The van der Waals surface area contributed by atoms with Crippen LogP contribution < -0.4 is 15.4 Å². The van der Waals surface area contributed by atoms with Crippen LogP contribution in [0.3, 0.4) is 0 Å². The third-order valence-corrected chi connectivity index (χ3v) is 3.73. The molecular formula is C18H27N3O4. The minimum Gasteiger partial charge on any atom is -0.491 e. The third kappa shape index (κ3) is 7.11. The fraction of sp³-hybridized carbons (Fsp3) is 0.556. The van der Waals surface area contributed by atoms with Gasteiger partial charge in [0.2, 0.25) is 0 Å². The van der Waals surface area contributed by atoms with Crippen LogP contribution in [0.15, 0.2) is 24.3 Å². The summed E-state index contributed by atoms with van der Waals surface area (Å²) in [6.45, 7) is 8.62. The van der Waals surface area contributed by atoms with Crippen LogP contribution in [0.25, 0.3) is 0 Å². The Labute approximate surface area is 148 Å². The van der Waals surface area contributed by atoms with Gasteiger partial charge in [-0.3, -0.25) is 14.5 Å². The van der Waals surface area contributed by atoms with Crippen LogP contribution in [0.2, 0.25) is 0 Å². The number of morpholine rings is 1. The first kappa shape index (κ1) is 19.2. The summed E-state index contributed by atoms with van der Waals surface area (Å²) in [5, 5.41) is 5.23. The molecule has 2 N–H and O–H groups in total. The van der Waals surface area contributed by atoms with E-state index in [1.807, 2.05) is 13.8 Å². The second-order valence-corrected chi connectivity index (χ2v) is 6.21. The number of hydrogen-bond donors (Lipinski definition) is 2. The van der Waals surface area contributed by atoms with Crippen molar-refractivity contribution in [3.05, 3.63) is 24.3 Å². The molecule has 25 heavy (non-hydrogen) atoms. The van der Waals surface area contributed by atoms with Crippen LogP contribution in [0, 0.1) is 0 Å². The van der Waals surface area contributed by atoms with Crippen molar-refractivity contribution in [2.45, 2.75) is 26.4 Å². The molecule has 138 valence electrons. The lowest BCUT2D eigenvalue weighted by molar-refractivity contribution is -0.136. The van der Waals surface area contributed by atoms with E-state index in [0.29, 0.717) is 12.2 Å². The minimum atomic E-state index is -0.663. The number of ether oxygens (including phenoxy) is 2. The van der Waals surface area contributed by atoms with Crippen molar-refractivity contribution >= 4 is 17.5 Å². The Kier molecular flexibility index (Phi) is 7.69. The summed E-state index contributed by atoms with van der Waals surface area (Å²) < 4.78 is 10.8. The maximum atomic E-state index is 11.9. The molecule has 1 heterocycles. The van der Waals surface area contributed by atoms with Gasteiger partial charge in [0, 0.05) is 25.3 Å². The van der Waals surface area contributed by atoms with Gasteiger partial charge in [-0.1, -0.05) is 0 Å². The largest absolute Gasteiger partial charge is 0.491 e. The molecule has 1 saturated heterocycles. The quantitative estimate of drug-likeness (QED) is 0.572. The highest BCUT2D eigenvalue weighted by molar-refractivity contribution is 6.39. The number of benzene rings is 1. The molecule has 2 rings (SSSR count). The van der Waals surface area contributed by atoms with Gasteiger partial charge in [-0.25, -0.2) is 0 Å². The Hall–Kier alpha value is -2.12. The predicted octanol–water partition coefficient (Wildman–Crippen LogP) is 1.25. The molecule has 1 aliphatic rings. The van der Waals surface area contributed by atoms with E-state index in [1.165, 1.54) is 0 Å². The highest BCUT2D eigenvalue weighted by Gasteiger charge is 2.14. The van der Waals surface area contributed by atoms with E-state index < -0.39 is 11.8 Å². The van der Waals surface area contributed by atoms with Crippen molar-refractivity contribution in [1.82, 2.24) is 10.2 Å². The molecule has 1 aliphatic heterocycles. The van der Waals surface area contributed by atoms with Gasteiger partial charge < -0.3 is 20.1 Å². The molecule has 0 radical (unpaired) electrons. The van der Waals surface area contributed by atoms with E-state index in [9.17, 15) is 9.59 Å². The van der Waals surface area contributed by atoms with Crippen LogP contribution >= 0.6 is 0 Å². The van der Waals surface area contributed by atoms with Gasteiger partial charge in [0.05, 0.1) is 19.3 Å². The number of hydrogen-bond acceptors (Lipinski definition) is 5. The molecule has 0 unspecified atom stereocenters. The summed E-state index contributed by atoms with van der Waals surface area (Å²) in [4.78, 5) is 26.0. The lowest BCUT2D eigenvalue weighted by Crippen LogP contribution is -2.39. The summed E-state index contributed by atoms with van der Waals surface area (Å²) in [5.41, 5.74) is 0.560. The number of nitrogens with one attached hydrogen (secondary N) is 2. The zero-order valence-electron chi connectivity index (χ0n) is 14.9. The van der Waals surface area contributed by atoms with Crippen LogP contribution in [0.5, 0.6) is 5.75 Å². The zero-order valence-corrected chi connectivity index (χ0v) is 14.9. The molecule has 7 heteroatoms. The van der Waals surface area contributed by atoms with Gasteiger partial charge in [0.1, 0.15) is 5.75 Å². The Morgan fingerprint density at radius 3 is 2.48 bits per heavy atom. The molecule has 0 aromatic heterocycles. The molecule has 0 spiro atoms. The van der Waals surface area contributed by atoms with Crippen LogP contribution in [-0.4, -0.2) is 62.2 Å². The van der Waals surface area contributed by atoms with E-state index in [0.717, 1.165) is 45.0 Å². The fourth-order valence-corrected chi connectivity index (χ4v) is 2.49. The topological polar surface area (TPSA) is 79.9 Å². The lowest BCUT2D eigenvalue weighted by atomic mass is 10.3. The molecule has 0 aliphatic carbocycles. The van der Waals surface area contributed by atoms with E-state index in [-0.39, 0.29) is 6.10 Å². The summed E-state index contributed by atoms with van der Waals surface area (Å²) in [7, 11) is 0. The third-order valence-electron chi connectivity index (χ3n) is 3.73. The van der Waals surface area contributed by atoms with Crippen LogP contribution in [-0.2, 0) is 14.3 Å². The zero-order chi connectivity index (χ0) is 18.1. The molecule has 7 nitrogen and oxygen atoms in total. The number of rotatable bonds is 7. The summed E-state index contributed by atoms with van der Waals surface area (Å²) in [5.74, 6) is -0.561. The molecule has 1 fully saturated rings. The second-order valence-electron chi connectivity index (χ2n) is 6.21. The molecule has 0 saturated carbocycles. The molecule has 2 amide bonds. The molecule has 0 atom stereocenters. The van der Waals surface area contributed by atoms with Gasteiger partial charge in [0.25, 0.3) is 0 Å². The van der Waals surface area contributed by atoms with Crippen molar-refractivity contribution in [3.63, 3.8) is 0 Å². The summed E-state index contributed by atoms with van der Waals surface area (Å²) >= 11 is 0. The second kappa shape index (κ2) is 10.0. The van der Waals surface area contributed by atoms with Crippen LogP contribution in [0.4, 0.5) is 5.69 Å². The molecule has 0 bridgehead atoms. The standard InChI is InChI=1S/C18H27N3O4/c1-14(2)25-16-6-4-15(5-7-16)20-18(23)17(22)19-8-3-9-21-10-12-24-13-11-21/h4-7,14H,3,8-13H2,1-2H3,(H,19,22)(H,20,23). The number of carbonyl (C=O) groups excluding carboxylic acids is 2. The predicted molar refractivity (Wildman–Crippen MR) is 95.7 cm³/mol. The van der Waals surface area contributed by atoms with Crippen molar-refractivity contribution in [2.24, 2.45) is 0 Å². The first-order chi connectivity index (χ1) is 12.0. The van der Waals surface area contributed by atoms with Gasteiger partial charge in [0.15, 0.2) is 0 Å². The normalized spacial score (nSPS) is 15.0. The van der Waals surface area contributed by atoms with E-state index in [1.54, 1.807) is 24.3 Å². The maximum absolute atomic E-state index is 11.9. The fourth-order valence-electron chi connectivity index (χ4n) is 2.49. The smallest absolute Gasteiger partial charge is 0.313 e. The maximum Gasteiger partial charge on any atom is 0.313 e. The van der Waals surface area contributed by atoms with Gasteiger partial charge in [-0.05, 0) is 51.1 Å². The lowest BCUT2D eigenvalue weighted by Gasteiger charge is -2.26. The SMILES string of the molecule is CC(C)Oc1ccc(NC(=O)C(=O)NCCCN2CCOCC2)cc1. The number of nitrogens with zero attached hydrogens (tertiary/aromatic N) is 1. The first-order valence-electron chi connectivity index (χ1n) is 8.70. The first-order valence-corrected chi connectivity index (χ1v) is 8.70. The van der Waals surface area contributed by atoms with Gasteiger partial charge in [-0.2, -0.15) is 0 Å². The molecule has 1 aromatic carbocycles. The van der Waals surface area contributed by atoms with Crippen molar-refractivity contribution in [3.8, 4) is 5.75 Å². The Morgan fingerprint density at radius 1 is 1.16 bits per heavy atom. The van der Waals surface area contributed by atoms with Crippen molar-refractivity contribution < 1.29 is 19.1 Å². The number of anilines is 1. The van der Waals surface area contributed by atoms with E-state index >= 15 is 0 Å². The van der Waals surface area contributed by atoms with Gasteiger partial charge in [-0.15, -0.1) is 0 Å². The minimum absolute atomic E-state index is 0.0867. The highest BCUT2D eigenvalue weighted by atomic mass is 16.5. The van der Waals surface area contributed by atoms with Crippen molar-refractivity contribution in [2.75, 3.05) is 44.7 Å². The Balaban J connectivity index is 1.66. The average Bonchev–Trinajstić information content (AvgIpc) is 2.60. The summed E-state index contributed by atoms with van der Waals surface area (Å²) in [6.07, 6.45) is 0.893. The Morgan fingerprint density at radius 2 is 1.84 bits per heavy atom. The van der Waals surface area contributed by atoms with Crippen molar-refractivity contribution in [1.29, 1.82) is 0 Å². The summed E-state index contributed by atoms with van der Waals surface area (Å²) in [6, 6.07) is 6.94. The van der Waals surface area contributed by atoms with Crippen LogP contribution in [0.1, 0.15) is 20.3 Å². The number of carbonyl (C=O) groups is 2. The Bertz CT molecular complexity index is 554.